The molecular formula is C23H22ClNO4. The fourth-order valence-corrected chi connectivity index (χ4v) is 4.05. The van der Waals surface area contributed by atoms with Crippen LogP contribution in [-0.4, -0.2) is 29.1 Å². The van der Waals surface area contributed by atoms with Gasteiger partial charge in [0.15, 0.2) is 5.43 Å². The number of aryl methyl sites for hydroxylation is 1. The first-order chi connectivity index (χ1) is 13.8. The molecule has 6 heteroatoms. The SMILES string of the molecule is Cc1cc2oc3c(c(=O)c2cc1Cl)C(c1ccc(C(C)C)cc1)N(CCO)C3=O. The van der Waals surface area contributed by atoms with Gasteiger partial charge in [0.25, 0.3) is 5.91 Å². The standard InChI is InChI=1S/C23H22ClNO4/c1-12(2)14-4-6-15(7-5-14)20-19-21(27)16-11-17(24)13(3)10-18(16)29-22(19)23(28)25(20)8-9-26/h4-7,10-12,20,26H,8-9H2,1-3H3. The molecule has 4 rings (SSSR count). The van der Waals surface area contributed by atoms with E-state index >= 15 is 0 Å². The molecule has 2 aromatic carbocycles. The van der Waals surface area contributed by atoms with Gasteiger partial charge < -0.3 is 14.4 Å². The lowest BCUT2D eigenvalue weighted by atomic mass is 9.95. The van der Waals surface area contributed by atoms with Crippen molar-refractivity contribution in [3.05, 3.63) is 79.7 Å². The van der Waals surface area contributed by atoms with Crippen LogP contribution in [0.4, 0.5) is 0 Å². The van der Waals surface area contributed by atoms with Crippen LogP contribution in [0.3, 0.4) is 0 Å². The van der Waals surface area contributed by atoms with E-state index in [-0.39, 0.29) is 24.3 Å². The number of aliphatic hydroxyl groups is 1. The molecule has 5 nitrogen and oxygen atoms in total. The third-order valence-corrected chi connectivity index (χ3v) is 5.91. The molecular weight excluding hydrogens is 390 g/mol. The van der Waals surface area contributed by atoms with Crippen LogP contribution in [0, 0.1) is 6.92 Å². The van der Waals surface area contributed by atoms with Crippen molar-refractivity contribution in [3.8, 4) is 0 Å². The highest BCUT2D eigenvalue weighted by Gasteiger charge is 2.42. The summed E-state index contributed by atoms with van der Waals surface area (Å²) in [5, 5.41) is 10.3. The summed E-state index contributed by atoms with van der Waals surface area (Å²) in [5.74, 6) is 0.0173. The molecule has 0 fully saturated rings. The molecule has 0 radical (unpaired) electrons. The number of amides is 1. The van der Waals surface area contributed by atoms with Crippen LogP contribution in [0.2, 0.25) is 5.02 Å². The Hall–Kier alpha value is -2.63. The largest absolute Gasteiger partial charge is 0.450 e. The van der Waals surface area contributed by atoms with Crippen molar-refractivity contribution < 1.29 is 14.3 Å². The highest BCUT2D eigenvalue weighted by molar-refractivity contribution is 6.32. The summed E-state index contributed by atoms with van der Waals surface area (Å²) in [6.45, 7) is 5.92. The lowest BCUT2D eigenvalue weighted by Gasteiger charge is -2.24. The van der Waals surface area contributed by atoms with Gasteiger partial charge in [0.1, 0.15) is 5.58 Å². The number of aliphatic hydroxyl groups excluding tert-OH is 1. The van der Waals surface area contributed by atoms with Crippen molar-refractivity contribution in [1.82, 2.24) is 4.90 Å². The van der Waals surface area contributed by atoms with E-state index in [1.54, 1.807) is 12.1 Å². The van der Waals surface area contributed by atoms with Crippen LogP contribution < -0.4 is 5.43 Å². The van der Waals surface area contributed by atoms with Crippen LogP contribution in [0.25, 0.3) is 11.0 Å². The maximum absolute atomic E-state index is 13.4. The van der Waals surface area contributed by atoms with E-state index in [9.17, 15) is 14.7 Å². The molecule has 1 aliphatic rings. The quantitative estimate of drug-likeness (QED) is 0.690. The van der Waals surface area contributed by atoms with Gasteiger partial charge in [0.05, 0.1) is 23.6 Å². The second-order valence-corrected chi connectivity index (χ2v) is 8.12. The molecule has 1 unspecified atom stereocenters. The Kier molecular flexibility index (Phi) is 4.97. The van der Waals surface area contributed by atoms with E-state index in [1.807, 2.05) is 31.2 Å². The van der Waals surface area contributed by atoms with Crippen molar-refractivity contribution >= 4 is 28.5 Å². The summed E-state index contributed by atoms with van der Waals surface area (Å²) >= 11 is 6.23. The Morgan fingerprint density at radius 1 is 1.17 bits per heavy atom. The van der Waals surface area contributed by atoms with E-state index < -0.39 is 11.9 Å². The van der Waals surface area contributed by atoms with Gasteiger partial charge in [-0.25, -0.2) is 0 Å². The summed E-state index contributed by atoms with van der Waals surface area (Å²) in [6.07, 6.45) is 0. The molecule has 0 spiro atoms. The zero-order valence-corrected chi connectivity index (χ0v) is 17.3. The topological polar surface area (TPSA) is 70.8 Å². The van der Waals surface area contributed by atoms with E-state index in [1.165, 1.54) is 10.5 Å². The molecule has 3 aromatic rings. The monoisotopic (exact) mass is 411 g/mol. The number of carbonyl (C=O) groups excluding carboxylic acids is 1. The molecule has 1 aliphatic heterocycles. The smallest absolute Gasteiger partial charge is 0.290 e. The van der Waals surface area contributed by atoms with Gasteiger partial charge in [-0.15, -0.1) is 0 Å². The van der Waals surface area contributed by atoms with Crippen molar-refractivity contribution in [3.63, 3.8) is 0 Å². The number of carbonyl (C=O) groups is 1. The van der Waals surface area contributed by atoms with Crippen molar-refractivity contribution in [1.29, 1.82) is 0 Å². The van der Waals surface area contributed by atoms with Gasteiger partial charge in [-0.1, -0.05) is 49.7 Å². The summed E-state index contributed by atoms with van der Waals surface area (Å²) in [6, 6.07) is 10.5. The van der Waals surface area contributed by atoms with E-state index in [4.69, 9.17) is 16.0 Å². The molecule has 0 bridgehead atoms. The third kappa shape index (κ3) is 3.15. The third-order valence-electron chi connectivity index (χ3n) is 5.51. The summed E-state index contributed by atoms with van der Waals surface area (Å²) in [4.78, 5) is 27.9. The van der Waals surface area contributed by atoms with Crippen molar-refractivity contribution in [2.75, 3.05) is 13.2 Å². The average molecular weight is 412 g/mol. The van der Waals surface area contributed by atoms with Gasteiger partial charge >= 0.3 is 0 Å². The van der Waals surface area contributed by atoms with Gasteiger partial charge in [-0.2, -0.15) is 0 Å². The molecule has 150 valence electrons. The predicted octanol–water partition coefficient (Wildman–Crippen LogP) is 4.42. The molecule has 0 saturated heterocycles. The number of hydrogen-bond acceptors (Lipinski definition) is 4. The van der Waals surface area contributed by atoms with E-state index in [0.29, 0.717) is 27.5 Å². The molecule has 0 aliphatic carbocycles. The minimum Gasteiger partial charge on any atom is -0.450 e. The lowest BCUT2D eigenvalue weighted by Crippen LogP contribution is -2.32. The number of benzene rings is 2. The van der Waals surface area contributed by atoms with Gasteiger partial charge in [0.2, 0.25) is 5.76 Å². The maximum Gasteiger partial charge on any atom is 0.290 e. The second kappa shape index (κ2) is 7.32. The van der Waals surface area contributed by atoms with E-state index in [0.717, 1.165) is 11.1 Å². The molecule has 1 atom stereocenters. The van der Waals surface area contributed by atoms with Crippen molar-refractivity contribution in [2.24, 2.45) is 0 Å². The average Bonchev–Trinajstić information content (AvgIpc) is 2.96. The minimum absolute atomic E-state index is 0.0376. The first-order valence-electron chi connectivity index (χ1n) is 9.62. The molecule has 0 saturated carbocycles. The summed E-state index contributed by atoms with van der Waals surface area (Å²) < 4.78 is 5.89. The fraction of sp³-hybridized carbons (Fsp3) is 0.304. The Labute approximate surface area is 173 Å². The van der Waals surface area contributed by atoms with E-state index in [2.05, 4.69) is 13.8 Å². The zero-order chi connectivity index (χ0) is 20.9. The Balaban J connectivity index is 1.96. The molecule has 1 amide bonds. The zero-order valence-electron chi connectivity index (χ0n) is 16.5. The number of hydrogen-bond donors (Lipinski definition) is 1. The lowest BCUT2D eigenvalue weighted by molar-refractivity contribution is 0.0691. The van der Waals surface area contributed by atoms with Crippen LogP contribution >= 0.6 is 11.6 Å². The maximum atomic E-state index is 13.4. The first kappa shape index (κ1) is 19.7. The van der Waals surface area contributed by atoms with Crippen LogP contribution in [-0.2, 0) is 0 Å². The highest BCUT2D eigenvalue weighted by Crippen LogP contribution is 2.38. The Morgan fingerprint density at radius 2 is 1.86 bits per heavy atom. The minimum atomic E-state index is -0.605. The number of β-amino-alcohol motifs (C(OH)–C–C–N with tert-alkyl or cyclic N) is 1. The number of fused-ring (bicyclic) bond motifs is 2. The fourth-order valence-electron chi connectivity index (χ4n) is 3.89. The number of halogens is 1. The second-order valence-electron chi connectivity index (χ2n) is 7.72. The molecule has 29 heavy (non-hydrogen) atoms. The Morgan fingerprint density at radius 3 is 2.48 bits per heavy atom. The van der Waals surface area contributed by atoms with Crippen molar-refractivity contribution in [2.45, 2.75) is 32.7 Å². The highest BCUT2D eigenvalue weighted by atomic mass is 35.5. The number of nitrogens with zero attached hydrogens (tertiary/aromatic N) is 1. The first-order valence-corrected chi connectivity index (χ1v) is 9.99. The molecule has 1 N–H and O–H groups in total. The van der Waals surface area contributed by atoms with Crippen LogP contribution in [0.1, 0.15) is 58.6 Å². The summed E-state index contributed by atoms with van der Waals surface area (Å²) in [7, 11) is 0. The summed E-state index contributed by atoms with van der Waals surface area (Å²) in [5.41, 5.74) is 3.10. The normalized spacial score (nSPS) is 16.1. The Bertz CT molecular complexity index is 1160. The van der Waals surface area contributed by atoms with Gasteiger partial charge in [-0.3, -0.25) is 9.59 Å². The van der Waals surface area contributed by atoms with Gasteiger partial charge in [-0.05, 0) is 41.7 Å². The number of rotatable bonds is 4. The van der Waals surface area contributed by atoms with Crippen LogP contribution in [0.15, 0.2) is 45.6 Å². The van der Waals surface area contributed by atoms with Gasteiger partial charge in [0, 0.05) is 11.6 Å². The molecule has 2 heterocycles. The molecule has 1 aromatic heterocycles. The predicted molar refractivity (Wildman–Crippen MR) is 113 cm³/mol. The van der Waals surface area contributed by atoms with Crippen LogP contribution in [0.5, 0.6) is 0 Å².